The largest absolute Gasteiger partial charge is 0.573 e. The second-order valence-electron chi connectivity index (χ2n) is 5.05. The molecule has 0 radical (unpaired) electrons. The molecule has 7 heteroatoms. The van der Waals surface area contributed by atoms with Crippen LogP contribution in [-0.2, 0) is 11.3 Å². The summed E-state index contributed by atoms with van der Waals surface area (Å²) in [5.41, 5.74) is -0.117. The van der Waals surface area contributed by atoms with Crippen molar-refractivity contribution in [3.05, 3.63) is 29.6 Å². The fraction of sp³-hybridized carbons (Fsp3) is 0.571. The van der Waals surface area contributed by atoms with Crippen molar-refractivity contribution >= 4 is 0 Å². The van der Waals surface area contributed by atoms with E-state index in [-0.39, 0.29) is 24.3 Å². The van der Waals surface area contributed by atoms with Crippen molar-refractivity contribution in [2.75, 3.05) is 6.61 Å². The lowest BCUT2D eigenvalue weighted by Crippen LogP contribution is -2.37. The van der Waals surface area contributed by atoms with E-state index in [1.165, 1.54) is 6.07 Å². The first-order valence-electron chi connectivity index (χ1n) is 6.73. The number of alkyl halides is 3. The zero-order valence-electron chi connectivity index (χ0n) is 11.5. The third-order valence-electron chi connectivity index (χ3n) is 3.35. The number of rotatable bonds is 4. The predicted molar refractivity (Wildman–Crippen MR) is 68.4 cm³/mol. The first-order chi connectivity index (χ1) is 9.85. The number of halogens is 4. The van der Waals surface area contributed by atoms with Crippen molar-refractivity contribution in [3.63, 3.8) is 0 Å². The highest BCUT2D eigenvalue weighted by molar-refractivity contribution is 5.34. The molecule has 1 aliphatic heterocycles. The Morgan fingerprint density at radius 1 is 1.38 bits per heavy atom. The van der Waals surface area contributed by atoms with Gasteiger partial charge in [-0.2, -0.15) is 0 Å². The number of nitrogens with one attached hydrogen (secondary N) is 1. The summed E-state index contributed by atoms with van der Waals surface area (Å²) in [6, 6.07) is 3.51. The van der Waals surface area contributed by atoms with Gasteiger partial charge in [0.15, 0.2) is 0 Å². The Morgan fingerprint density at radius 2 is 2.14 bits per heavy atom. The highest BCUT2D eigenvalue weighted by atomic mass is 19.4. The van der Waals surface area contributed by atoms with Crippen LogP contribution in [-0.4, -0.2) is 25.1 Å². The molecule has 1 aromatic rings. The molecule has 0 spiro atoms. The van der Waals surface area contributed by atoms with Gasteiger partial charge in [0.05, 0.1) is 6.10 Å². The van der Waals surface area contributed by atoms with E-state index in [2.05, 4.69) is 10.1 Å². The van der Waals surface area contributed by atoms with Crippen molar-refractivity contribution in [1.82, 2.24) is 5.32 Å². The lowest BCUT2D eigenvalue weighted by molar-refractivity contribution is -0.275. The molecule has 1 fully saturated rings. The van der Waals surface area contributed by atoms with Gasteiger partial charge in [-0.25, -0.2) is 4.39 Å². The molecule has 1 N–H and O–H groups in total. The molecule has 1 heterocycles. The number of hydrogen-bond acceptors (Lipinski definition) is 3. The molecule has 0 amide bonds. The van der Waals surface area contributed by atoms with Gasteiger partial charge >= 0.3 is 6.36 Å². The molecule has 1 aromatic carbocycles. The van der Waals surface area contributed by atoms with Gasteiger partial charge in [-0.1, -0.05) is 6.07 Å². The van der Waals surface area contributed by atoms with E-state index in [1.54, 1.807) is 0 Å². The first kappa shape index (κ1) is 16.0. The molecule has 2 rings (SSSR count). The third-order valence-corrected chi connectivity index (χ3v) is 3.35. The minimum Gasteiger partial charge on any atom is -0.405 e. The van der Waals surface area contributed by atoms with Gasteiger partial charge < -0.3 is 14.8 Å². The Hall–Kier alpha value is -1.34. The minimum atomic E-state index is -4.84. The summed E-state index contributed by atoms with van der Waals surface area (Å²) in [5, 5.41) is 3.07. The maximum Gasteiger partial charge on any atom is 0.573 e. The molecule has 1 saturated heterocycles. The van der Waals surface area contributed by atoms with E-state index >= 15 is 0 Å². The van der Waals surface area contributed by atoms with Crippen LogP contribution in [0.5, 0.6) is 5.75 Å². The lowest BCUT2D eigenvalue weighted by Gasteiger charge is -2.28. The highest BCUT2D eigenvalue weighted by Gasteiger charge is 2.32. The molecule has 1 aliphatic rings. The summed E-state index contributed by atoms with van der Waals surface area (Å²) < 4.78 is 60.0. The Balaban J connectivity index is 2.04. The first-order valence-corrected chi connectivity index (χ1v) is 6.73. The Bertz CT molecular complexity index is 479. The van der Waals surface area contributed by atoms with Crippen LogP contribution >= 0.6 is 0 Å². The molecule has 2 atom stereocenters. The van der Waals surface area contributed by atoms with Crippen molar-refractivity contribution in [1.29, 1.82) is 0 Å². The fourth-order valence-electron chi connectivity index (χ4n) is 2.36. The van der Waals surface area contributed by atoms with E-state index < -0.39 is 17.9 Å². The number of hydrogen-bond donors (Lipinski definition) is 1. The zero-order valence-corrected chi connectivity index (χ0v) is 11.5. The van der Waals surface area contributed by atoms with Crippen LogP contribution in [0.3, 0.4) is 0 Å². The summed E-state index contributed by atoms with van der Waals surface area (Å²) in [7, 11) is 0. The molecule has 21 heavy (non-hydrogen) atoms. The van der Waals surface area contributed by atoms with Gasteiger partial charge in [0.1, 0.15) is 11.6 Å². The molecular formula is C14H17F4NO2. The molecule has 3 nitrogen and oxygen atoms in total. The maximum atomic E-state index is 13.7. The Morgan fingerprint density at radius 3 is 2.81 bits per heavy atom. The van der Waals surface area contributed by atoms with E-state index in [4.69, 9.17) is 4.74 Å². The summed E-state index contributed by atoms with van der Waals surface area (Å²) in [4.78, 5) is 0. The smallest absolute Gasteiger partial charge is 0.405 e. The monoisotopic (exact) mass is 307 g/mol. The molecular weight excluding hydrogens is 290 g/mol. The standard InChI is InChI=1S/C14H17F4NO2/c1-9-7-10(5-6-20-9)19-8-11-12(15)3-2-4-13(11)21-14(16,17)18/h2-4,9-10,19H,5-8H2,1H3/t9-,10-/m0/s1. The van der Waals surface area contributed by atoms with E-state index in [9.17, 15) is 17.6 Å². The van der Waals surface area contributed by atoms with Crippen molar-refractivity contribution in [2.45, 2.75) is 44.8 Å². The second-order valence-corrected chi connectivity index (χ2v) is 5.05. The van der Waals surface area contributed by atoms with Crippen molar-refractivity contribution < 1.29 is 27.0 Å². The molecule has 0 saturated carbocycles. The van der Waals surface area contributed by atoms with Gasteiger partial charge in [-0.15, -0.1) is 13.2 Å². The molecule has 0 aliphatic carbocycles. The van der Waals surface area contributed by atoms with E-state index in [0.29, 0.717) is 6.61 Å². The van der Waals surface area contributed by atoms with Gasteiger partial charge in [-0.3, -0.25) is 0 Å². The van der Waals surface area contributed by atoms with Crippen molar-refractivity contribution in [2.24, 2.45) is 0 Å². The van der Waals surface area contributed by atoms with Crippen LogP contribution in [0.2, 0.25) is 0 Å². The van der Waals surface area contributed by atoms with Gasteiger partial charge in [0.25, 0.3) is 0 Å². The van der Waals surface area contributed by atoms with Crippen LogP contribution < -0.4 is 10.1 Å². The average molecular weight is 307 g/mol. The quantitative estimate of drug-likeness (QED) is 0.865. The molecule has 118 valence electrons. The maximum absolute atomic E-state index is 13.7. The SMILES string of the molecule is C[C@H]1C[C@@H](NCc2c(F)cccc2OC(F)(F)F)CCO1. The zero-order chi connectivity index (χ0) is 15.5. The van der Waals surface area contributed by atoms with Crippen LogP contribution in [0, 0.1) is 5.82 Å². The second kappa shape index (κ2) is 6.62. The van der Waals surface area contributed by atoms with Gasteiger partial charge in [0, 0.05) is 24.8 Å². The Labute approximate surface area is 120 Å². The topological polar surface area (TPSA) is 30.5 Å². The van der Waals surface area contributed by atoms with Gasteiger partial charge in [-0.05, 0) is 31.9 Å². The lowest BCUT2D eigenvalue weighted by atomic mass is 10.0. The van der Waals surface area contributed by atoms with Crippen LogP contribution in [0.1, 0.15) is 25.3 Å². The summed E-state index contributed by atoms with van der Waals surface area (Å²) in [5.74, 6) is -1.22. The molecule has 0 aromatic heterocycles. The normalized spacial score (nSPS) is 23.1. The summed E-state index contributed by atoms with van der Waals surface area (Å²) >= 11 is 0. The molecule has 0 unspecified atom stereocenters. The Kier molecular flexibility index (Phi) is 5.05. The van der Waals surface area contributed by atoms with Crippen LogP contribution in [0.25, 0.3) is 0 Å². The number of benzene rings is 1. The van der Waals surface area contributed by atoms with Crippen LogP contribution in [0.15, 0.2) is 18.2 Å². The van der Waals surface area contributed by atoms with Gasteiger partial charge in [0.2, 0.25) is 0 Å². The van der Waals surface area contributed by atoms with Crippen LogP contribution in [0.4, 0.5) is 17.6 Å². The van der Waals surface area contributed by atoms with E-state index in [0.717, 1.165) is 25.0 Å². The molecule has 0 bridgehead atoms. The average Bonchev–Trinajstić information content (AvgIpc) is 2.36. The third kappa shape index (κ3) is 4.86. The van der Waals surface area contributed by atoms with Crippen molar-refractivity contribution in [3.8, 4) is 5.75 Å². The summed E-state index contributed by atoms with van der Waals surface area (Å²) in [6.07, 6.45) is -3.27. The predicted octanol–water partition coefficient (Wildman–Crippen LogP) is 3.38. The highest BCUT2D eigenvalue weighted by Crippen LogP contribution is 2.28. The summed E-state index contributed by atoms with van der Waals surface area (Å²) in [6.45, 7) is 2.49. The fourth-order valence-corrected chi connectivity index (χ4v) is 2.36. The number of ether oxygens (including phenoxy) is 2. The minimum absolute atomic E-state index is 0.0184. The van der Waals surface area contributed by atoms with E-state index in [1.807, 2.05) is 6.92 Å².